The molecule has 1 rings (SSSR count). The first-order valence-corrected chi connectivity index (χ1v) is 8.33. The summed E-state index contributed by atoms with van der Waals surface area (Å²) in [4.78, 5) is 0. The van der Waals surface area contributed by atoms with E-state index >= 15 is 0 Å². The van der Waals surface area contributed by atoms with Gasteiger partial charge < -0.3 is 5.11 Å². The van der Waals surface area contributed by atoms with E-state index in [2.05, 4.69) is 0 Å². The number of benzene rings is 1. The highest BCUT2D eigenvalue weighted by atomic mass is 19.4. The maximum Gasteiger partial charge on any atom is 0.460 e. The molecule has 1 aromatic rings. The number of halogens is 11. The van der Waals surface area contributed by atoms with Gasteiger partial charge in [-0.3, -0.25) is 0 Å². The molecule has 0 heterocycles. The second-order valence-corrected chi connectivity index (χ2v) is 8.21. The Hall–Kier alpha value is -1.59. The summed E-state index contributed by atoms with van der Waals surface area (Å²) in [6.07, 6.45) is -9.77. The van der Waals surface area contributed by atoms with Crippen molar-refractivity contribution in [1.82, 2.24) is 0 Å². The van der Waals surface area contributed by atoms with Crippen molar-refractivity contribution in [2.24, 2.45) is 0 Å². The Bertz CT molecular complexity index is 758. The maximum atomic E-state index is 14.0. The SMILES string of the molecule is CC(C)(C)c1cccc(C(C)(O)CC(F)(F)C(F)(F)C(F)(F)C(F)(F)C(F)(F)F)c1. The van der Waals surface area contributed by atoms with E-state index in [0.29, 0.717) is 12.5 Å². The molecule has 0 saturated carbocycles. The van der Waals surface area contributed by atoms with Gasteiger partial charge in [-0.25, -0.2) is 0 Å². The van der Waals surface area contributed by atoms with E-state index < -0.39 is 52.9 Å². The highest BCUT2D eigenvalue weighted by Crippen LogP contribution is 2.59. The zero-order chi connectivity index (χ0) is 24.2. The average molecular weight is 460 g/mol. The van der Waals surface area contributed by atoms with Crippen molar-refractivity contribution in [2.45, 2.75) is 75.0 Å². The number of hydrogen-bond donors (Lipinski definition) is 1. The Balaban J connectivity index is 3.40. The van der Waals surface area contributed by atoms with E-state index in [9.17, 15) is 53.4 Å². The third kappa shape index (κ3) is 4.38. The fourth-order valence-electron chi connectivity index (χ4n) is 2.57. The largest absolute Gasteiger partial charge is 0.460 e. The first kappa shape index (κ1) is 26.4. The summed E-state index contributed by atoms with van der Waals surface area (Å²) in [5.74, 6) is -28.2. The molecule has 0 aliphatic heterocycles. The minimum Gasteiger partial charge on any atom is -0.385 e. The van der Waals surface area contributed by atoms with Gasteiger partial charge in [-0.05, 0) is 23.5 Å². The predicted octanol–water partition coefficient (Wildman–Crippen LogP) is 6.69. The van der Waals surface area contributed by atoms with Crippen LogP contribution in [0.5, 0.6) is 0 Å². The summed E-state index contributed by atoms with van der Waals surface area (Å²) < 4.78 is 145. The topological polar surface area (TPSA) is 20.2 Å². The standard InChI is InChI=1S/C18H19F11O/c1-12(2,3)10-6-5-7-11(8-10)13(4,30)9-14(19,20)15(21,22)16(23,24)17(25,26)18(27,28)29/h5-8,30H,9H2,1-4H3. The van der Waals surface area contributed by atoms with E-state index in [4.69, 9.17) is 0 Å². The monoisotopic (exact) mass is 460 g/mol. The highest BCUT2D eigenvalue weighted by Gasteiger charge is 2.87. The molecule has 1 nitrogen and oxygen atoms in total. The van der Waals surface area contributed by atoms with Crippen molar-refractivity contribution in [3.8, 4) is 0 Å². The summed E-state index contributed by atoms with van der Waals surface area (Å²) in [5, 5.41) is 10.2. The lowest BCUT2D eigenvalue weighted by molar-refractivity contribution is -0.424. The van der Waals surface area contributed by atoms with E-state index in [1.165, 1.54) is 12.1 Å². The van der Waals surface area contributed by atoms with Crippen LogP contribution < -0.4 is 0 Å². The van der Waals surface area contributed by atoms with Crippen molar-refractivity contribution in [3.05, 3.63) is 35.4 Å². The van der Waals surface area contributed by atoms with Crippen LogP contribution in [0.25, 0.3) is 0 Å². The number of aliphatic hydroxyl groups is 1. The van der Waals surface area contributed by atoms with Crippen molar-refractivity contribution in [2.75, 3.05) is 0 Å². The van der Waals surface area contributed by atoms with Gasteiger partial charge in [-0.15, -0.1) is 0 Å². The highest BCUT2D eigenvalue weighted by molar-refractivity contribution is 5.32. The molecule has 1 N–H and O–H groups in total. The molecule has 0 fully saturated rings. The van der Waals surface area contributed by atoms with Crippen LogP contribution >= 0.6 is 0 Å². The van der Waals surface area contributed by atoms with E-state index in [-0.39, 0.29) is 0 Å². The van der Waals surface area contributed by atoms with Crippen LogP contribution in [0.3, 0.4) is 0 Å². The Kier molecular flexibility index (Phi) is 6.38. The zero-order valence-corrected chi connectivity index (χ0v) is 16.1. The van der Waals surface area contributed by atoms with Gasteiger partial charge in [0, 0.05) is 0 Å². The molecule has 0 aliphatic carbocycles. The fraction of sp³-hybridized carbons (Fsp3) is 0.667. The molecule has 1 atom stereocenters. The minimum atomic E-state index is -7.49. The van der Waals surface area contributed by atoms with Gasteiger partial charge in [0.25, 0.3) is 0 Å². The second kappa shape index (κ2) is 7.23. The van der Waals surface area contributed by atoms with Gasteiger partial charge in [0.2, 0.25) is 0 Å². The summed E-state index contributed by atoms with van der Waals surface area (Å²) in [6, 6.07) is 4.83. The van der Waals surface area contributed by atoms with Gasteiger partial charge in [0.1, 0.15) is 0 Å². The molecule has 30 heavy (non-hydrogen) atoms. The Labute approximate surface area is 164 Å². The van der Waals surface area contributed by atoms with Crippen LogP contribution in [0.1, 0.15) is 45.2 Å². The normalized spacial score (nSPS) is 17.1. The molecule has 0 saturated heterocycles. The molecule has 0 aliphatic rings. The molecule has 12 heteroatoms. The van der Waals surface area contributed by atoms with Crippen molar-refractivity contribution < 1.29 is 53.4 Å². The predicted molar refractivity (Wildman–Crippen MR) is 85.2 cm³/mol. The van der Waals surface area contributed by atoms with Crippen LogP contribution in [0.15, 0.2) is 24.3 Å². The molecule has 0 spiro atoms. The Morgan fingerprint density at radius 2 is 1.10 bits per heavy atom. The molecule has 174 valence electrons. The summed E-state index contributed by atoms with van der Waals surface area (Å²) >= 11 is 0. The van der Waals surface area contributed by atoms with Crippen molar-refractivity contribution in [1.29, 1.82) is 0 Å². The first-order valence-electron chi connectivity index (χ1n) is 8.33. The number of rotatable bonds is 6. The van der Waals surface area contributed by atoms with Crippen LogP contribution in [-0.4, -0.2) is 35.0 Å². The third-order valence-electron chi connectivity index (χ3n) is 4.52. The molecule has 0 radical (unpaired) electrons. The van der Waals surface area contributed by atoms with Gasteiger partial charge in [-0.2, -0.15) is 48.3 Å². The molecule has 0 amide bonds. The molecule has 0 bridgehead atoms. The van der Waals surface area contributed by atoms with Crippen LogP contribution in [0, 0.1) is 0 Å². The Morgan fingerprint density at radius 1 is 0.667 bits per heavy atom. The van der Waals surface area contributed by atoms with Gasteiger partial charge in [0.15, 0.2) is 0 Å². The van der Waals surface area contributed by atoms with Gasteiger partial charge in [0.05, 0.1) is 12.0 Å². The van der Waals surface area contributed by atoms with Crippen molar-refractivity contribution in [3.63, 3.8) is 0 Å². The zero-order valence-electron chi connectivity index (χ0n) is 16.1. The average Bonchev–Trinajstić information content (AvgIpc) is 2.51. The van der Waals surface area contributed by atoms with E-state index in [0.717, 1.165) is 12.1 Å². The van der Waals surface area contributed by atoms with Crippen LogP contribution in [0.2, 0.25) is 0 Å². The van der Waals surface area contributed by atoms with Gasteiger partial charge >= 0.3 is 29.9 Å². The lowest BCUT2D eigenvalue weighted by atomic mass is 9.81. The lowest BCUT2D eigenvalue weighted by Crippen LogP contribution is -2.67. The summed E-state index contributed by atoms with van der Waals surface area (Å²) in [6.45, 7) is 5.54. The molecule has 0 aromatic heterocycles. The fourth-order valence-corrected chi connectivity index (χ4v) is 2.57. The van der Waals surface area contributed by atoms with Gasteiger partial charge in [-0.1, -0.05) is 45.0 Å². The third-order valence-corrected chi connectivity index (χ3v) is 4.52. The minimum absolute atomic E-state index is 0.421. The maximum absolute atomic E-state index is 14.0. The first-order chi connectivity index (χ1) is 12.9. The quantitative estimate of drug-likeness (QED) is 0.470. The molecular weight excluding hydrogens is 441 g/mol. The van der Waals surface area contributed by atoms with Crippen LogP contribution in [-0.2, 0) is 11.0 Å². The van der Waals surface area contributed by atoms with Crippen LogP contribution in [0.4, 0.5) is 48.3 Å². The molecular formula is C18H19F11O. The number of alkyl halides is 11. The lowest BCUT2D eigenvalue weighted by Gasteiger charge is -2.39. The molecule has 1 aromatic carbocycles. The summed E-state index contributed by atoms with van der Waals surface area (Å²) in [7, 11) is 0. The Morgan fingerprint density at radius 3 is 1.50 bits per heavy atom. The number of hydrogen-bond acceptors (Lipinski definition) is 1. The molecule has 1 unspecified atom stereocenters. The van der Waals surface area contributed by atoms with E-state index in [1.54, 1.807) is 20.8 Å². The smallest absolute Gasteiger partial charge is 0.385 e. The summed E-state index contributed by atoms with van der Waals surface area (Å²) in [5.41, 5.74) is -3.61. The van der Waals surface area contributed by atoms with E-state index in [1.807, 2.05) is 0 Å². The van der Waals surface area contributed by atoms with Crippen molar-refractivity contribution >= 4 is 0 Å². The second-order valence-electron chi connectivity index (χ2n) is 8.21.